The Hall–Kier alpha value is -2.64. The Morgan fingerprint density at radius 2 is 1.70 bits per heavy atom. The van der Waals surface area contributed by atoms with Gasteiger partial charge < -0.3 is 15.0 Å². The van der Waals surface area contributed by atoms with Crippen molar-refractivity contribution in [3.63, 3.8) is 0 Å². The number of amidine groups is 1. The minimum atomic E-state index is 0. The minimum absolute atomic E-state index is 0. The third-order valence-electron chi connectivity index (χ3n) is 6.25. The number of fused-ring (bicyclic) bond motifs is 2. The lowest BCUT2D eigenvalue weighted by Crippen LogP contribution is -2.46. The van der Waals surface area contributed by atoms with Gasteiger partial charge in [0.1, 0.15) is 24.0 Å². The molecular formula is C26H32BrN5O. The number of pyridine rings is 1. The predicted octanol–water partition coefficient (Wildman–Crippen LogP) is 5.01. The van der Waals surface area contributed by atoms with E-state index < -0.39 is 0 Å². The van der Waals surface area contributed by atoms with Crippen molar-refractivity contribution < 1.29 is 4.74 Å². The van der Waals surface area contributed by atoms with Gasteiger partial charge in [-0.15, -0.1) is 17.0 Å². The van der Waals surface area contributed by atoms with Crippen LogP contribution in [0.15, 0.2) is 65.7 Å². The van der Waals surface area contributed by atoms with Crippen molar-refractivity contribution in [1.82, 2.24) is 9.88 Å². The zero-order valence-electron chi connectivity index (χ0n) is 18.9. The molecule has 1 aromatic heterocycles. The van der Waals surface area contributed by atoms with Crippen LogP contribution in [0.25, 0.3) is 10.9 Å². The van der Waals surface area contributed by atoms with Crippen LogP contribution in [0.3, 0.4) is 0 Å². The zero-order valence-corrected chi connectivity index (χ0v) is 20.7. The summed E-state index contributed by atoms with van der Waals surface area (Å²) >= 11 is 0. The van der Waals surface area contributed by atoms with Crippen molar-refractivity contribution in [3.8, 4) is 5.75 Å². The average molecular weight is 510 g/mol. The van der Waals surface area contributed by atoms with E-state index in [1.165, 1.54) is 24.8 Å². The number of piperazine rings is 1. The summed E-state index contributed by atoms with van der Waals surface area (Å²) in [5, 5.41) is 4.58. The summed E-state index contributed by atoms with van der Waals surface area (Å²) in [6.07, 6.45) is 3.56. The van der Waals surface area contributed by atoms with Crippen LogP contribution in [0.2, 0.25) is 0 Å². The van der Waals surface area contributed by atoms with Gasteiger partial charge in [0.25, 0.3) is 0 Å². The van der Waals surface area contributed by atoms with Gasteiger partial charge in [-0.05, 0) is 49.7 Å². The van der Waals surface area contributed by atoms with Gasteiger partial charge in [-0.1, -0.05) is 36.8 Å². The molecule has 6 nitrogen and oxygen atoms in total. The number of rotatable bonds is 7. The third kappa shape index (κ3) is 6.03. The minimum Gasteiger partial charge on any atom is -0.484 e. The number of unbranched alkanes of at least 4 members (excludes halogenated alkanes) is 2. The lowest BCUT2D eigenvalue weighted by Gasteiger charge is -2.35. The highest BCUT2D eigenvalue weighted by atomic mass is 79.9. The first kappa shape index (κ1) is 23.5. The molecule has 174 valence electrons. The number of para-hydroxylation sites is 3. The first-order chi connectivity index (χ1) is 15.8. The molecule has 1 N–H and O–H groups in total. The first-order valence-electron chi connectivity index (χ1n) is 11.7. The van der Waals surface area contributed by atoms with Crippen molar-refractivity contribution in [2.75, 3.05) is 56.1 Å². The monoisotopic (exact) mass is 509 g/mol. The number of aliphatic imine (C=N–C) groups is 1. The number of hydrogen-bond acceptors (Lipinski definition) is 5. The molecule has 0 radical (unpaired) electrons. The van der Waals surface area contributed by atoms with E-state index in [4.69, 9.17) is 9.72 Å². The molecular weight excluding hydrogens is 478 g/mol. The predicted molar refractivity (Wildman–Crippen MR) is 142 cm³/mol. The van der Waals surface area contributed by atoms with Gasteiger partial charge in [-0.25, -0.2) is 4.98 Å². The Morgan fingerprint density at radius 3 is 2.61 bits per heavy atom. The molecule has 0 amide bonds. The lowest BCUT2D eigenvalue weighted by molar-refractivity contribution is 0.252. The van der Waals surface area contributed by atoms with E-state index in [9.17, 15) is 0 Å². The van der Waals surface area contributed by atoms with Gasteiger partial charge in [-0.3, -0.25) is 9.89 Å². The van der Waals surface area contributed by atoms with Gasteiger partial charge in [0, 0.05) is 38.1 Å². The SMILES string of the molecule is Br.c1ccc2c(c1)NC(=NCCCCCN1CCN(c3ccc4ccccc4n3)CC1)CO2. The third-order valence-corrected chi connectivity index (χ3v) is 6.25. The van der Waals surface area contributed by atoms with Gasteiger partial charge in [0.05, 0.1) is 11.2 Å². The van der Waals surface area contributed by atoms with E-state index in [0.717, 1.165) is 67.8 Å². The highest BCUT2D eigenvalue weighted by Crippen LogP contribution is 2.26. The van der Waals surface area contributed by atoms with Crippen molar-refractivity contribution in [3.05, 3.63) is 60.7 Å². The Kier molecular flexibility index (Phi) is 8.18. The van der Waals surface area contributed by atoms with Crippen molar-refractivity contribution in [1.29, 1.82) is 0 Å². The molecule has 1 fully saturated rings. The maximum Gasteiger partial charge on any atom is 0.145 e. The smallest absolute Gasteiger partial charge is 0.145 e. The molecule has 3 heterocycles. The fourth-order valence-electron chi connectivity index (χ4n) is 4.39. The molecule has 1 saturated heterocycles. The number of ether oxygens (including phenoxy) is 1. The first-order valence-corrected chi connectivity index (χ1v) is 11.7. The molecule has 0 bridgehead atoms. The Labute approximate surface area is 206 Å². The van der Waals surface area contributed by atoms with Crippen molar-refractivity contribution >= 4 is 45.2 Å². The van der Waals surface area contributed by atoms with E-state index in [-0.39, 0.29) is 17.0 Å². The molecule has 0 atom stereocenters. The van der Waals surface area contributed by atoms with E-state index >= 15 is 0 Å². The molecule has 2 aliphatic heterocycles. The van der Waals surface area contributed by atoms with E-state index in [1.54, 1.807) is 0 Å². The number of nitrogens with one attached hydrogen (secondary N) is 1. The van der Waals surface area contributed by atoms with Crippen LogP contribution in [0, 0.1) is 0 Å². The highest BCUT2D eigenvalue weighted by Gasteiger charge is 2.18. The van der Waals surface area contributed by atoms with Crippen LogP contribution >= 0.6 is 17.0 Å². The van der Waals surface area contributed by atoms with Crippen LogP contribution in [0.5, 0.6) is 5.75 Å². The molecule has 33 heavy (non-hydrogen) atoms. The summed E-state index contributed by atoms with van der Waals surface area (Å²) < 4.78 is 5.75. The van der Waals surface area contributed by atoms with Gasteiger partial charge in [-0.2, -0.15) is 0 Å². The fourth-order valence-corrected chi connectivity index (χ4v) is 4.39. The number of anilines is 2. The molecule has 2 aromatic carbocycles. The molecule has 7 heteroatoms. The Balaban J connectivity index is 0.00000259. The normalized spacial score (nSPS) is 17.2. The van der Waals surface area contributed by atoms with Gasteiger partial charge in [0.2, 0.25) is 0 Å². The van der Waals surface area contributed by atoms with E-state index in [0.29, 0.717) is 6.61 Å². The van der Waals surface area contributed by atoms with Gasteiger partial charge >= 0.3 is 0 Å². The largest absolute Gasteiger partial charge is 0.484 e. The molecule has 2 aliphatic rings. The summed E-state index contributed by atoms with van der Waals surface area (Å²) in [5.74, 6) is 2.94. The van der Waals surface area contributed by atoms with Crippen LogP contribution < -0.4 is 15.0 Å². The second-order valence-corrected chi connectivity index (χ2v) is 8.49. The van der Waals surface area contributed by atoms with Crippen LogP contribution in [0.4, 0.5) is 11.5 Å². The number of aromatic nitrogens is 1. The standard InChI is InChI=1S/C26H31N5O.BrH/c1(6-14-27-25-20-32-24-11-5-4-10-23(24)28-25)7-15-30-16-18-31(19-17-30)26-13-12-21-8-2-3-9-22(21)29-26;/h2-5,8-13H,1,6-7,14-20H2,(H,27,28);1H. The molecule has 0 saturated carbocycles. The zero-order chi connectivity index (χ0) is 21.6. The number of halogens is 1. The topological polar surface area (TPSA) is 53.0 Å². The summed E-state index contributed by atoms with van der Waals surface area (Å²) in [6.45, 7) is 6.88. The Morgan fingerprint density at radius 1 is 0.879 bits per heavy atom. The summed E-state index contributed by atoms with van der Waals surface area (Å²) in [7, 11) is 0. The summed E-state index contributed by atoms with van der Waals surface area (Å²) in [6, 6.07) is 20.7. The average Bonchev–Trinajstić information content (AvgIpc) is 2.86. The summed E-state index contributed by atoms with van der Waals surface area (Å²) in [5.41, 5.74) is 2.09. The van der Waals surface area contributed by atoms with Crippen molar-refractivity contribution in [2.24, 2.45) is 4.99 Å². The van der Waals surface area contributed by atoms with Crippen LogP contribution in [-0.4, -0.2) is 61.6 Å². The van der Waals surface area contributed by atoms with Crippen LogP contribution in [-0.2, 0) is 0 Å². The highest BCUT2D eigenvalue weighted by molar-refractivity contribution is 8.93. The molecule has 0 spiro atoms. The maximum absolute atomic E-state index is 5.75. The maximum atomic E-state index is 5.75. The molecule has 5 rings (SSSR count). The van der Waals surface area contributed by atoms with Crippen molar-refractivity contribution in [2.45, 2.75) is 19.3 Å². The second-order valence-electron chi connectivity index (χ2n) is 8.49. The van der Waals surface area contributed by atoms with E-state index in [2.05, 4.69) is 56.5 Å². The van der Waals surface area contributed by atoms with E-state index in [1.807, 2.05) is 24.3 Å². The van der Waals surface area contributed by atoms with Gasteiger partial charge in [0.15, 0.2) is 0 Å². The molecule has 3 aromatic rings. The number of benzene rings is 2. The molecule has 0 aliphatic carbocycles. The Bertz CT molecular complexity index is 1080. The second kappa shape index (κ2) is 11.5. The van der Waals surface area contributed by atoms with Crippen LogP contribution in [0.1, 0.15) is 19.3 Å². The summed E-state index contributed by atoms with van der Waals surface area (Å²) in [4.78, 5) is 14.5. The molecule has 0 unspecified atom stereocenters. The fraction of sp³-hybridized carbons (Fsp3) is 0.385. The number of hydrogen-bond donors (Lipinski definition) is 1. The lowest BCUT2D eigenvalue weighted by atomic mass is 10.2. The number of nitrogens with zero attached hydrogens (tertiary/aromatic N) is 4. The quantitative estimate of drug-likeness (QED) is 0.453.